The molecule has 0 aliphatic heterocycles. The van der Waals surface area contributed by atoms with Crippen molar-refractivity contribution < 1.29 is 14.8 Å². The quantitative estimate of drug-likeness (QED) is 0.305. The van der Waals surface area contributed by atoms with E-state index in [0.717, 1.165) is 25.7 Å². The average Bonchev–Trinajstić information content (AvgIpc) is 2.31. The number of nitrogens with zero attached hydrogens (tertiary/aromatic N) is 1. The highest BCUT2D eigenvalue weighted by Gasteiger charge is 2.23. The Morgan fingerprint density at radius 2 is 1.93 bits per heavy atom. The van der Waals surface area contributed by atoms with E-state index in [0.29, 0.717) is 5.92 Å². The van der Waals surface area contributed by atoms with Gasteiger partial charge in [0.25, 0.3) is 6.47 Å². The van der Waals surface area contributed by atoms with Crippen LogP contribution in [0.2, 0.25) is 0 Å². The summed E-state index contributed by atoms with van der Waals surface area (Å²) in [5.74, 6) is 0.694. The standard InChI is InChI=1S/C8H15NO2.CH2O2/c1-7-3-2-4-8(6-5-7)9(10)11;2-1-3/h7-8H,2-6H2,1H3;1H,(H,2,3). The number of hydrogen-bond donors (Lipinski definition) is 1. The molecule has 0 aromatic carbocycles. The second-order valence-corrected chi connectivity index (χ2v) is 3.66. The van der Waals surface area contributed by atoms with Crippen LogP contribution >= 0.6 is 0 Å². The molecule has 2 atom stereocenters. The molecule has 14 heavy (non-hydrogen) atoms. The lowest BCUT2D eigenvalue weighted by Gasteiger charge is -2.04. The molecule has 0 bridgehead atoms. The van der Waals surface area contributed by atoms with Crippen LogP contribution in [0.4, 0.5) is 0 Å². The summed E-state index contributed by atoms with van der Waals surface area (Å²) in [5, 5.41) is 17.3. The van der Waals surface area contributed by atoms with Crippen LogP contribution in [0.5, 0.6) is 0 Å². The van der Waals surface area contributed by atoms with Gasteiger partial charge in [0.1, 0.15) is 0 Å². The Kier molecular flexibility index (Phi) is 6.70. The first-order valence-corrected chi connectivity index (χ1v) is 4.83. The van der Waals surface area contributed by atoms with Crippen molar-refractivity contribution in [1.82, 2.24) is 0 Å². The van der Waals surface area contributed by atoms with Crippen molar-refractivity contribution in [2.45, 2.75) is 45.1 Å². The molecular formula is C9H17NO4. The largest absolute Gasteiger partial charge is 0.483 e. The van der Waals surface area contributed by atoms with Crippen molar-refractivity contribution in [3.8, 4) is 0 Å². The second kappa shape index (κ2) is 7.29. The van der Waals surface area contributed by atoms with E-state index in [1.54, 1.807) is 0 Å². The van der Waals surface area contributed by atoms with E-state index in [1.807, 2.05) is 0 Å². The Labute approximate surface area is 83.3 Å². The molecule has 0 saturated heterocycles. The molecule has 1 aliphatic rings. The number of rotatable bonds is 1. The van der Waals surface area contributed by atoms with Gasteiger partial charge in [0.05, 0.1) is 0 Å². The highest BCUT2D eigenvalue weighted by molar-refractivity contribution is 5.32. The molecule has 1 N–H and O–H groups in total. The first-order valence-electron chi connectivity index (χ1n) is 4.83. The van der Waals surface area contributed by atoms with Gasteiger partial charge in [0, 0.05) is 17.8 Å². The predicted octanol–water partition coefficient (Wildman–Crippen LogP) is 1.93. The Morgan fingerprint density at radius 3 is 2.43 bits per heavy atom. The third-order valence-electron chi connectivity index (χ3n) is 2.53. The molecule has 5 nitrogen and oxygen atoms in total. The maximum atomic E-state index is 10.4. The van der Waals surface area contributed by atoms with E-state index in [1.165, 1.54) is 6.42 Å². The Morgan fingerprint density at radius 1 is 1.36 bits per heavy atom. The topological polar surface area (TPSA) is 80.4 Å². The first-order chi connectivity index (χ1) is 6.61. The van der Waals surface area contributed by atoms with Crippen molar-refractivity contribution in [2.24, 2.45) is 5.92 Å². The fourth-order valence-electron chi connectivity index (χ4n) is 1.68. The summed E-state index contributed by atoms with van der Waals surface area (Å²) in [4.78, 5) is 18.7. The van der Waals surface area contributed by atoms with Crippen LogP contribution in [-0.4, -0.2) is 22.5 Å². The molecule has 0 heterocycles. The zero-order valence-corrected chi connectivity index (χ0v) is 8.39. The smallest absolute Gasteiger partial charge is 0.290 e. The molecular weight excluding hydrogens is 186 g/mol. The van der Waals surface area contributed by atoms with Crippen LogP contribution in [0.3, 0.4) is 0 Å². The highest BCUT2D eigenvalue weighted by atomic mass is 16.6. The SMILES string of the molecule is CC1CCCC([N+](=O)[O-])CC1.O=CO. The molecule has 1 aliphatic carbocycles. The van der Waals surface area contributed by atoms with Crippen molar-refractivity contribution >= 4 is 6.47 Å². The molecule has 5 heteroatoms. The van der Waals surface area contributed by atoms with E-state index >= 15 is 0 Å². The van der Waals surface area contributed by atoms with Gasteiger partial charge in [-0.3, -0.25) is 14.9 Å². The fraction of sp³-hybridized carbons (Fsp3) is 0.889. The summed E-state index contributed by atoms with van der Waals surface area (Å²) >= 11 is 0. The van der Waals surface area contributed by atoms with Gasteiger partial charge in [0.15, 0.2) is 0 Å². The van der Waals surface area contributed by atoms with E-state index in [9.17, 15) is 10.1 Å². The average molecular weight is 203 g/mol. The van der Waals surface area contributed by atoms with Gasteiger partial charge in [-0.1, -0.05) is 13.3 Å². The molecule has 0 aromatic heterocycles. The maximum Gasteiger partial charge on any atom is 0.290 e. The minimum absolute atomic E-state index is 0.113. The van der Waals surface area contributed by atoms with Crippen LogP contribution in [0.15, 0.2) is 0 Å². The molecule has 82 valence electrons. The van der Waals surface area contributed by atoms with Crippen LogP contribution in [0.25, 0.3) is 0 Å². The van der Waals surface area contributed by atoms with Crippen LogP contribution < -0.4 is 0 Å². The van der Waals surface area contributed by atoms with Gasteiger partial charge in [-0.15, -0.1) is 0 Å². The Hall–Kier alpha value is -1.13. The van der Waals surface area contributed by atoms with Gasteiger partial charge >= 0.3 is 0 Å². The van der Waals surface area contributed by atoms with E-state index in [4.69, 9.17) is 9.90 Å². The fourth-order valence-corrected chi connectivity index (χ4v) is 1.68. The summed E-state index contributed by atoms with van der Waals surface area (Å²) in [6, 6.07) is -0.250. The van der Waals surface area contributed by atoms with E-state index < -0.39 is 0 Å². The lowest BCUT2D eigenvalue weighted by atomic mass is 10.0. The van der Waals surface area contributed by atoms with Crippen molar-refractivity contribution in [3.05, 3.63) is 10.1 Å². The molecule has 2 unspecified atom stereocenters. The monoisotopic (exact) mass is 203 g/mol. The number of hydrogen-bond acceptors (Lipinski definition) is 3. The molecule has 0 amide bonds. The van der Waals surface area contributed by atoms with E-state index in [-0.39, 0.29) is 17.4 Å². The third kappa shape index (κ3) is 5.50. The summed E-state index contributed by atoms with van der Waals surface area (Å²) < 4.78 is 0. The molecule has 1 saturated carbocycles. The van der Waals surface area contributed by atoms with Crippen molar-refractivity contribution in [3.63, 3.8) is 0 Å². The lowest BCUT2D eigenvalue weighted by molar-refractivity contribution is -0.524. The van der Waals surface area contributed by atoms with Crippen LogP contribution in [0, 0.1) is 16.0 Å². The first kappa shape index (κ1) is 12.9. The van der Waals surface area contributed by atoms with Gasteiger partial charge in [-0.2, -0.15) is 0 Å². The highest BCUT2D eigenvalue weighted by Crippen LogP contribution is 2.23. The maximum absolute atomic E-state index is 10.4. The number of nitro groups is 1. The summed E-state index contributed by atoms with van der Waals surface area (Å²) in [6.45, 7) is 1.93. The molecule has 0 radical (unpaired) electrons. The Balaban J connectivity index is 0.000000500. The normalized spacial score (nSPS) is 26.6. The molecule has 1 fully saturated rings. The minimum atomic E-state index is -0.250. The van der Waals surface area contributed by atoms with Crippen molar-refractivity contribution in [2.75, 3.05) is 0 Å². The second-order valence-electron chi connectivity index (χ2n) is 3.66. The predicted molar refractivity (Wildman–Crippen MR) is 51.7 cm³/mol. The van der Waals surface area contributed by atoms with Gasteiger partial charge in [-0.05, 0) is 18.8 Å². The lowest BCUT2D eigenvalue weighted by Crippen LogP contribution is -2.17. The molecule has 0 aromatic rings. The zero-order chi connectivity index (χ0) is 11.0. The summed E-state index contributed by atoms with van der Waals surface area (Å²) in [5.41, 5.74) is 0. The van der Waals surface area contributed by atoms with Crippen molar-refractivity contribution in [1.29, 1.82) is 0 Å². The van der Waals surface area contributed by atoms with E-state index in [2.05, 4.69) is 6.92 Å². The third-order valence-corrected chi connectivity index (χ3v) is 2.53. The number of carboxylic acid groups (broad SMARTS) is 1. The summed E-state index contributed by atoms with van der Waals surface area (Å²) in [7, 11) is 0. The Bertz CT molecular complexity index is 184. The van der Waals surface area contributed by atoms with Crippen LogP contribution in [0.1, 0.15) is 39.0 Å². The van der Waals surface area contributed by atoms with Crippen LogP contribution in [-0.2, 0) is 4.79 Å². The van der Waals surface area contributed by atoms with Gasteiger partial charge < -0.3 is 5.11 Å². The number of carbonyl (C=O) groups is 1. The van der Waals surface area contributed by atoms with Gasteiger partial charge in [0.2, 0.25) is 6.04 Å². The molecule has 1 rings (SSSR count). The summed E-state index contributed by atoms with van der Waals surface area (Å²) in [6.07, 6.45) is 4.81. The van der Waals surface area contributed by atoms with Gasteiger partial charge in [-0.25, -0.2) is 0 Å². The zero-order valence-electron chi connectivity index (χ0n) is 8.39. The molecule has 0 spiro atoms. The minimum Gasteiger partial charge on any atom is -0.483 e.